The summed E-state index contributed by atoms with van der Waals surface area (Å²) in [7, 11) is 1.55. The van der Waals surface area contributed by atoms with Gasteiger partial charge in [0.05, 0.1) is 18.0 Å². The van der Waals surface area contributed by atoms with E-state index in [1.54, 1.807) is 19.2 Å². The number of thiazole rings is 1. The smallest absolute Gasteiger partial charge is 0.368 e. The van der Waals surface area contributed by atoms with Gasteiger partial charge in [-0.15, -0.1) is 0 Å². The van der Waals surface area contributed by atoms with Gasteiger partial charge in [-0.05, 0) is 40.6 Å². The second-order valence-corrected chi connectivity index (χ2v) is 7.14. The first-order valence-electron chi connectivity index (χ1n) is 8.71. The van der Waals surface area contributed by atoms with Crippen molar-refractivity contribution in [2.24, 2.45) is 7.05 Å². The highest BCUT2D eigenvalue weighted by Gasteiger charge is 2.14. The summed E-state index contributed by atoms with van der Waals surface area (Å²) >= 11 is 1.38. The molecule has 0 aliphatic heterocycles. The Hall–Kier alpha value is -3.77. The Morgan fingerprint density at radius 1 is 1.21 bits per heavy atom. The lowest BCUT2D eigenvalue weighted by molar-refractivity contribution is 0.303. The molecule has 2 heterocycles. The van der Waals surface area contributed by atoms with Crippen LogP contribution in [-0.4, -0.2) is 24.8 Å². The van der Waals surface area contributed by atoms with Crippen molar-refractivity contribution < 1.29 is 4.74 Å². The topological polar surface area (TPSA) is 79.2 Å². The maximum absolute atomic E-state index is 12.2. The molecule has 0 fully saturated rings. The van der Waals surface area contributed by atoms with Crippen LogP contribution in [0.4, 0.5) is 5.69 Å². The number of nitrogens with zero attached hydrogens (tertiary/aromatic N) is 6. The molecule has 0 spiro atoms. The minimum Gasteiger partial charge on any atom is -0.465 e. The lowest BCUT2D eigenvalue weighted by atomic mass is 10.1. The standard InChI is InChI=1S/C20H16N6O2S/c1-13-6-4-9-18(26-20(27)25(3)23-24-26)16(13)11-28-19-22-17(12-29-19)14-7-5-8-15(10-14)21-2/h4-10,12H,11H2,1,3H3. The second-order valence-electron chi connectivity index (χ2n) is 6.32. The number of benzene rings is 2. The fourth-order valence-corrected chi connectivity index (χ4v) is 3.54. The molecule has 0 aliphatic rings. The summed E-state index contributed by atoms with van der Waals surface area (Å²) in [5.74, 6) is 0. The van der Waals surface area contributed by atoms with Crippen LogP contribution in [0.25, 0.3) is 21.8 Å². The number of rotatable bonds is 5. The summed E-state index contributed by atoms with van der Waals surface area (Å²) in [6.07, 6.45) is 0. The molecule has 8 nitrogen and oxygen atoms in total. The molecule has 29 heavy (non-hydrogen) atoms. The SMILES string of the molecule is [C-]#[N+]c1cccc(-c2csc(OCc3c(C)cccc3-n3nnn(C)c3=O)n2)c1. The lowest BCUT2D eigenvalue weighted by Crippen LogP contribution is -2.23. The van der Waals surface area contributed by atoms with Crippen molar-refractivity contribution in [3.05, 3.63) is 80.9 Å². The number of hydrogen-bond acceptors (Lipinski definition) is 6. The third kappa shape index (κ3) is 3.66. The fraction of sp³-hybridized carbons (Fsp3) is 0.150. The molecule has 0 unspecified atom stereocenters. The predicted molar refractivity (Wildman–Crippen MR) is 109 cm³/mol. The van der Waals surface area contributed by atoms with E-state index in [0.717, 1.165) is 22.4 Å². The van der Waals surface area contributed by atoms with Gasteiger partial charge in [0.15, 0.2) is 5.69 Å². The Morgan fingerprint density at radius 2 is 2.03 bits per heavy atom. The number of hydrogen-bond donors (Lipinski definition) is 0. The van der Waals surface area contributed by atoms with E-state index < -0.39 is 0 Å². The van der Waals surface area contributed by atoms with Crippen LogP contribution in [-0.2, 0) is 13.7 Å². The van der Waals surface area contributed by atoms with Gasteiger partial charge in [-0.1, -0.05) is 41.7 Å². The maximum Gasteiger partial charge on any atom is 0.368 e. The van der Waals surface area contributed by atoms with Crippen LogP contribution in [0, 0.1) is 13.5 Å². The molecule has 0 atom stereocenters. The van der Waals surface area contributed by atoms with Gasteiger partial charge in [-0.25, -0.2) is 14.6 Å². The summed E-state index contributed by atoms with van der Waals surface area (Å²) in [4.78, 5) is 20.2. The molecule has 0 saturated carbocycles. The highest BCUT2D eigenvalue weighted by atomic mass is 32.1. The van der Waals surface area contributed by atoms with Gasteiger partial charge in [0.2, 0.25) is 0 Å². The van der Waals surface area contributed by atoms with Gasteiger partial charge in [-0.3, -0.25) is 0 Å². The molecule has 2 aromatic carbocycles. The van der Waals surface area contributed by atoms with Gasteiger partial charge in [0.25, 0.3) is 5.19 Å². The Bertz CT molecular complexity index is 1280. The lowest BCUT2D eigenvalue weighted by Gasteiger charge is -2.11. The maximum atomic E-state index is 12.2. The van der Waals surface area contributed by atoms with E-state index in [0.29, 0.717) is 16.6 Å². The first-order chi connectivity index (χ1) is 14.1. The molecule has 0 N–H and O–H groups in total. The Kier molecular flexibility index (Phi) is 4.93. The first kappa shape index (κ1) is 18.6. The molecule has 0 aliphatic carbocycles. The number of aromatic nitrogens is 5. The summed E-state index contributed by atoms with van der Waals surface area (Å²) in [5.41, 5.74) is 4.30. The van der Waals surface area contributed by atoms with Crippen LogP contribution in [0.3, 0.4) is 0 Å². The predicted octanol–water partition coefficient (Wildman–Crippen LogP) is 3.53. The van der Waals surface area contributed by atoms with Crippen molar-refractivity contribution in [2.45, 2.75) is 13.5 Å². The monoisotopic (exact) mass is 404 g/mol. The van der Waals surface area contributed by atoms with Crippen molar-refractivity contribution in [3.63, 3.8) is 0 Å². The third-order valence-corrected chi connectivity index (χ3v) is 5.18. The number of ether oxygens (including phenoxy) is 1. The van der Waals surface area contributed by atoms with Crippen molar-refractivity contribution in [3.8, 4) is 22.1 Å². The normalized spacial score (nSPS) is 10.7. The van der Waals surface area contributed by atoms with Crippen LogP contribution in [0.5, 0.6) is 5.19 Å². The van der Waals surface area contributed by atoms with Crippen LogP contribution in [0.15, 0.2) is 52.6 Å². The minimum atomic E-state index is -0.326. The summed E-state index contributed by atoms with van der Waals surface area (Å²) in [6.45, 7) is 9.33. The number of aryl methyl sites for hydroxylation is 2. The Labute approximate surface area is 170 Å². The highest BCUT2D eigenvalue weighted by molar-refractivity contribution is 7.11. The van der Waals surface area contributed by atoms with E-state index in [9.17, 15) is 4.79 Å². The fourth-order valence-electron chi connectivity index (χ4n) is 2.86. The molecule has 0 bridgehead atoms. The quantitative estimate of drug-likeness (QED) is 0.476. The summed E-state index contributed by atoms with van der Waals surface area (Å²) < 4.78 is 8.35. The highest BCUT2D eigenvalue weighted by Crippen LogP contribution is 2.29. The molecular formula is C20H16N6O2S. The first-order valence-corrected chi connectivity index (χ1v) is 9.59. The van der Waals surface area contributed by atoms with Gasteiger partial charge in [-0.2, -0.15) is 9.36 Å². The molecule has 0 amide bonds. The molecule has 2 aromatic heterocycles. The van der Waals surface area contributed by atoms with Crippen LogP contribution < -0.4 is 10.4 Å². The molecule has 0 radical (unpaired) electrons. The van der Waals surface area contributed by atoms with Gasteiger partial charge < -0.3 is 4.74 Å². The van der Waals surface area contributed by atoms with Gasteiger partial charge >= 0.3 is 5.69 Å². The van der Waals surface area contributed by atoms with E-state index in [-0.39, 0.29) is 12.3 Å². The molecule has 4 rings (SSSR count). The second kappa shape index (κ2) is 7.69. The van der Waals surface area contributed by atoms with E-state index >= 15 is 0 Å². The average molecular weight is 404 g/mol. The average Bonchev–Trinajstić information content (AvgIpc) is 3.34. The number of tetrazole rings is 1. The molecule has 144 valence electrons. The Balaban J connectivity index is 1.59. The third-order valence-electron chi connectivity index (χ3n) is 4.43. The van der Waals surface area contributed by atoms with E-state index in [1.165, 1.54) is 20.7 Å². The zero-order valence-corrected chi connectivity index (χ0v) is 16.6. The molecule has 4 aromatic rings. The van der Waals surface area contributed by atoms with Crippen LogP contribution in [0.1, 0.15) is 11.1 Å². The van der Waals surface area contributed by atoms with Gasteiger partial charge in [0, 0.05) is 18.0 Å². The van der Waals surface area contributed by atoms with Gasteiger partial charge in [0.1, 0.15) is 6.61 Å². The van der Waals surface area contributed by atoms with Crippen LogP contribution >= 0.6 is 11.3 Å². The molecule has 9 heteroatoms. The molecule has 0 saturated heterocycles. The van der Waals surface area contributed by atoms with Crippen molar-refractivity contribution in [2.75, 3.05) is 0 Å². The molecular weight excluding hydrogens is 388 g/mol. The summed E-state index contributed by atoms with van der Waals surface area (Å²) in [5, 5.41) is 10.1. The van der Waals surface area contributed by atoms with Crippen molar-refractivity contribution >= 4 is 17.0 Å². The zero-order chi connectivity index (χ0) is 20.4. The largest absolute Gasteiger partial charge is 0.465 e. The van der Waals surface area contributed by atoms with E-state index in [4.69, 9.17) is 11.3 Å². The van der Waals surface area contributed by atoms with E-state index in [1.807, 2.05) is 42.6 Å². The van der Waals surface area contributed by atoms with E-state index in [2.05, 4.69) is 20.3 Å². The van der Waals surface area contributed by atoms with Crippen molar-refractivity contribution in [1.29, 1.82) is 0 Å². The minimum absolute atomic E-state index is 0.236. The zero-order valence-electron chi connectivity index (χ0n) is 15.7. The summed E-state index contributed by atoms with van der Waals surface area (Å²) in [6, 6.07) is 12.9. The van der Waals surface area contributed by atoms with Crippen LogP contribution in [0.2, 0.25) is 0 Å². The van der Waals surface area contributed by atoms with Crippen molar-refractivity contribution in [1.82, 2.24) is 24.8 Å². The Morgan fingerprint density at radius 3 is 2.79 bits per heavy atom.